The van der Waals surface area contributed by atoms with Gasteiger partial charge in [-0.3, -0.25) is 9.59 Å². The molecule has 2 atom stereocenters. The lowest BCUT2D eigenvalue weighted by Gasteiger charge is -2.30. The second-order valence-electron chi connectivity index (χ2n) is 5.58. The highest BCUT2D eigenvalue weighted by molar-refractivity contribution is 5.87. The van der Waals surface area contributed by atoms with Gasteiger partial charge in [0.2, 0.25) is 0 Å². The zero-order valence-corrected chi connectivity index (χ0v) is 12.6. The first kappa shape index (κ1) is 17.2. The first-order chi connectivity index (χ1) is 9.87. The molecule has 1 aliphatic carbocycles. The number of carbonyl (C=O) groups excluding carboxylic acids is 2. The first-order valence-electron chi connectivity index (χ1n) is 7.17. The molecule has 6 heteroatoms. The summed E-state index contributed by atoms with van der Waals surface area (Å²) in [6.07, 6.45) is 5.36. The van der Waals surface area contributed by atoms with E-state index in [1.165, 1.54) is 7.05 Å². The van der Waals surface area contributed by atoms with Gasteiger partial charge in [-0.25, -0.2) is 4.79 Å². The van der Waals surface area contributed by atoms with E-state index in [-0.39, 0.29) is 24.7 Å². The number of nitrogens with one attached hydrogen (secondary N) is 1. The maximum atomic E-state index is 12.3. The fraction of sp³-hybridized carbons (Fsp3) is 0.667. The smallest absolute Gasteiger partial charge is 0.407 e. The van der Waals surface area contributed by atoms with Crippen molar-refractivity contribution in [2.24, 2.45) is 5.41 Å². The van der Waals surface area contributed by atoms with Crippen molar-refractivity contribution in [3.05, 3.63) is 12.2 Å². The van der Waals surface area contributed by atoms with E-state index in [4.69, 9.17) is 9.84 Å². The zero-order valence-electron chi connectivity index (χ0n) is 12.6. The van der Waals surface area contributed by atoms with Crippen molar-refractivity contribution in [3.63, 3.8) is 0 Å². The van der Waals surface area contributed by atoms with Crippen molar-refractivity contribution in [1.29, 1.82) is 0 Å². The summed E-state index contributed by atoms with van der Waals surface area (Å²) >= 11 is 0. The molecule has 0 aromatic carbocycles. The van der Waals surface area contributed by atoms with Crippen LogP contribution in [0.25, 0.3) is 0 Å². The topological polar surface area (TPSA) is 92.7 Å². The SMILES string of the molecule is CNC(=O)O[C@H]1/C=C/CC[C@@](C)(C(=O)CCC(=O)O)CC1. The number of alkyl carbamates (subject to hydrolysis) is 1. The van der Waals surface area contributed by atoms with Crippen molar-refractivity contribution in [2.75, 3.05) is 7.05 Å². The van der Waals surface area contributed by atoms with Crippen LogP contribution in [0.3, 0.4) is 0 Å². The Morgan fingerprint density at radius 1 is 1.33 bits per heavy atom. The molecule has 21 heavy (non-hydrogen) atoms. The summed E-state index contributed by atoms with van der Waals surface area (Å²) in [7, 11) is 1.49. The molecule has 6 nitrogen and oxygen atoms in total. The van der Waals surface area contributed by atoms with Gasteiger partial charge in [-0.2, -0.15) is 0 Å². The van der Waals surface area contributed by atoms with Gasteiger partial charge in [-0.1, -0.05) is 13.0 Å². The van der Waals surface area contributed by atoms with Crippen LogP contribution in [0, 0.1) is 5.41 Å². The van der Waals surface area contributed by atoms with Crippen LogP contribution < -0.4 is 5.32 Å². The number of carboxylic acid groups (broad SMARTS) is 1. The van der Waals surface area contributed by atoms with Crippen LogP contribution in [0.4, 0.5) is 4.79 Å². The number of rotatable bonds is 5. The molecule has 0 aliphatic heterocycles. The molecule has 0 fully saturated rings. The highest BCUT2D eigenvalue weighted by Crippen LogP contribution is 2.34. The van der Waals surface area contributed by atoms with E-state index in [1.54, 1.807) is 0 Å². The van der Waals surface area contributed by atoms with Crippen LogP contribution in [0.2, 0.25) is 0 Å². The van der Waals surface area contributed by atoms with Gasteiger partial charge >= 0.3 is 12.1 Å². The number of carboxylic acids is 1. The van der Waals surface area contributed by atoms with E-state index in [2.05, 4.69) is 5.32 Å². The Hall–Kier alpha value is -1.85. The second-order valence-corrected chi connectivity index (χ2v) is 5.58. The number of allylic oxidation sites excluding steroid dienone is 1. The molecule has 0 aromatic heterocycles. The highest BCUT2D eigenvalue weighted by atomic mass is 16.6. The minimum absolute atomic E-state index is 0.0288. The number of Topliss-reactive ketones (excluding diaryl/α,β-unsaturated/α-hetero) is 1. The van der Waals surface area contributed by atoms with Gasteiger partial charge in [0.15, 0.2) is 0 Å². The number of carbonyl (C=O) groups is 3. The maximum absolute atomic E-state index is 12.3. The average Bonchev–Trinajstić information content (AvgIpc) is 2.43. The minimum atomic E-state index is -0.960. The number of ether oxygens (including phenoxy) is 1. The molecule has 0 bridgehead atoms. The van der Waals surface area contributed by atoms with Crippen molar-refractivity contribution >= 4 is 17.8 Å². The van der Waals surface area contributed by atoms with Gasteiger partial charge in [0.05, 0.1) is 6.42 Å². The van der Waals surface area contributed by atoms with Crippen molar-refractivity contribution < 1.29 is 24.2 Å². The van der Waals surface area contributed by atoms with Gasteiger partial charge in [0.1, 0.15) is 11.9 Å². The Labute approximate surface area is 124 Å². The average molecular weight is 297 g/mol. The van der Waals surface area contributed by atoms with E-state index < -0.39 is 17.5 Å². The third kappa shape index (κ3) is 5.57. The molecule has 2 N–H and O–H groups in total. The maximum Gasteiger partial charge on any atom is 0.407 e. The van der Waals surface area contributed by atoms with Crippen molar-refractivity contribution in [3.8, 4) is 0 Å². The molecule has 0 saturated carbocycles. The van der Waals surface area contributed by atoms with Crippen molar-refractivity contribution in [1.82, 2.24) is 5.32 Å². The van der Waals surface area contributed by atoms with Crippen molar-refractivity contribution in [2.45, 2.75) is 51.6 Å². The molecule has 118 valence electrons. The number of aliphatic carboxylic acids is 1. The number of amides is 1. The van der Waals surface area contributed by atoms with Gasteiger partial charge in [-0.05, 0) is 31.8 Å². The Balaban J connectivity index is 2.65. The summed E-state index contributed by atoms with van der Waals surface area (Å²) in [5, 5.41) is 11.1. The molecule has 0 heterocycles. The van der Waals surface area contributed by atoms with E-state index in [0.29, 0.717) is 25.7 Å². The molecule has 1 amide bonds. The number of hydrogen-bond acceptors (Lipinski definition) is 4. The Bertz CT molecular complexity index is 432. The van der Waals surface area contributed by atoms with E-state index in [9.17, 15) is 14.4 Å². The summed E-state index contributed by atoms with van der Waals surface area (Å²) in [6, 6.07) is 0. The minimum Gasteiger partial charge on any atom is -0.481 e. The molecule has 0 spiro atoms. The van der Waals surface area contributed by atoms with Crippen LogP contribution >= 0.6 is 0 Å². The fourth-order valence-corrected chi connectivity index (χ4v) is 2.43. The van der Waals surface area contributed by atoms with Crippen LogP contribution in [0.15, 0.2) is 12.2 Å². The molecule has 0 aromatic rings. The number of ketones is 1. The molecular weight excluding hydrogens is 274 g/mol. The molecule has 1 rings (SSSR count). The Morgan fingerprint density at radius 2 is 2.05 bits per heavy atom. The normalized spacial score (nSPS) is 27.0. The van der Waals surface area contributed by atoms with Crippen LogP contribution in [-0.4, -0.2) is 36.1 Å². The highest BCUT2D eigenvalue weighted by Gasteiger charge is 2.33. The molecule has 0 saturated heterocycles. The quantitative estimate of drug-likeness (QED) is 0.759. The monoisotopic (exact) mass is 297 g/mol. The van der Waals surface area contributed by atoms with E-state index in [0.717, 1.165) is 0 Å². The Morgan fingerprint density at radius 3 is 2.67 bits per heavy atom. The summed E-state index contributed by atoms with van der Waals surface area (Å²) in [4.78, 5) is 34.1. The standard InChI is InChI=1S/C15H23NO5/c1-15(12(17)6-7-13(18)19)9-4-3-5-11(8-10-15)21-14(20)16-2/h3,5,11H,4,6-10H2,1-2H3,(H,16,20)(H,18,19)/b5-3+/t11-,15+/m0/s1. The molecular formula is C15H23NO5. The molecule has 0 unspecified atom stereocenters. The summed E-state index contributed by atoms with van der Waals surface area (Å²) in [6.45, 7) is 1.87. The largest absolute Gasteiger partial charge is 0.481 e. The summed E-state index contributed by atoms with van der Waals surface area (Å²) in [5.41, 5.74) is -0.551. The van der Waals surface area contributed by atoms with E-state index in [1.807, 2.05) is 19.1 Å². The zero-order chi connectivity index (χ0) is 15.9. The predicted octanol–water partition coefficient (Wildman–Crippen LogP) is 2.28. The third-order valence-electron chi connectivity index (χ3n) is 3.90. The van der Waals surface area contributed by atoms with Crippen LogP contribution in [0.5, 0.6) is 0 Å². The predicted molar refractivity (Wildman–Crippen MR) is 76.9 cm³/mol. The first-order valence-corrected chi connectivity index (χ1v) is 7.17. The lowest BCUT2D eigenvalue weighted by atomic mass is 9.74. The van der Waals surface area contributed by atoms with Gasteiger partial charge in [-0.15, -0.1) is 0 Å². The third-order valence-corrected chi connectivity index (χ3v) is 3.90. The summed E-state index contributed by atoms with van der Waals surface area (Å²) in [5.74, 6) is -0.989. The molecule has 0 radical (unpaired) electrons. The van der Waals surface area contributed by atoms with E-state index >= 15 is 0 Å². The van der Waals surface area contributed by atoms with Gasteiger partial charge in [0, 0.05) is 18.9 Å². The van der Waals surface area contributed by atoms with Crippen LogP contribution in [0.1, 0.15) is 45.4 Å². The fourth-order valence-electron chi connectivity index (χ4n) is 2.43. The second kappa shape index (κ2) is 7.81. The lowest BCUT2D eigenvalue weighted by molar-refractivity contribution is -0.140. The van der Waals surface area contributed by atoms with Gasteiger partial charge < -0.3 is 15.2 Å². The van der Waals surface area contributed by atoms with Gasteiger partial charge in [0.25, 0.3) is 0 Å². The van der Waals surface area contributed by atoms with Crippen LogP contribution in [-0.2, 0) is 14.3 Å². The Kier molecular flexibility index (Phi) is 6.39. The lowest BCUT2D eigenvalue weighted by Crippen LogP contribution is -2.32. The summed E-state index contributed by atoms with van der Waals surface area (Å²) < 4.78 is 5.21. The number of hydrogen-bond donors (Lipinski definition) is 2. The molecule has 1 aliphatic rings.